The number of H-pyrrole nitrogens is 1. The van der Waals surface area contributed by atoms with Crippen molar-refractivity contribution in [2.24, 2.45) is 0 Å². The van der Waals surface area contributed by atoms with Crippen molar-refractivity contribution >= 4 is 28.5 Å². The monoisotopic (exact) mass is 330 g/mol. The van der Waals surface area contributed by atoms with Gasteiger partial charge in [0.15, 0.2) is 11.4 Å². The minimum atomic E-state index is -0.523. The average Bonchev–Trinajstić information content (AvgIpc) is 2.92. The van der Waals surface area contributed by atoms with E-state index in [1.807, 2.05) is 24.3 Å². The maximum atomic E-state index is 12.1. The van der Waals surface area contributed by atoms with E-state index in [-0.39, 0.29) is 12.3 Å². The highest BCUT2D eigenvalue weighted by Gasteiger charge is 2.08. The molecule has 0 aliphatic carbocycles. The molecule has 3 rings (SSSR count). The molecule has 118 valence electrons. The van der Waals surface area contributed by atoms with Crippen LogP contribution in [0.1, 0.15) is 15.9 Å². The van der Waals surface area contributed by atoms with Gasteiger partial charge in [-0.1, -0.05) is 23.7 Å². The van der Waals surface area contributed by atoms with E-state index in [2.05, 4.69) is 10.3 Å². The molecular weight excluding hydrogens is 316 g/mol. The van der Waals surface area contributed by atoms with E-state index < -0.39 is 5.76 Å². The van der Waals surface area contributed by atoms with Crippen molar-refractivity contribution in [1.82, 2.24) is 10.3 Å². The van der Waals surface area contributed by atoms with Gasteiger partial charge in [-0.3, -0.25) is 9.78 Å². The number of hydrogen-bond donors (Lipinski definition) is 2. The maximum Gasteiger partial charge on any atom is 0.417 e. The Morgan fingerprint density at radius 3 is 2.74 bits per heavy atom. The maximum absolute atomic E-state index is 12.1. The summed E-state index contributed by atoms with van der Waals surface area (Å²) >= 11 is 5.84. The second kappa shape index (κ2) is 6.81. The van der Waals surface area contributed by atoms with E-state index in [0.29, 0.717) is 28.2 Å². The summed E-state index contributed by atoms with van der Waals surface area (Å²) in [5, 5.41) is 3.83. The molecule has 0 amide bonds. The zero-order valence-electron chi connectivity index (χ0n) is 12.3. The summed E-state index contributed by atoms with van der Waals surface area (Å²) in [6.45, 7) is 0.919. The number of benzene rings is 2. The normalized spacial score (nSPS) is 11.0. The van der Waals surface area contributed by atoms with Gasteiger partial charge in [-0.05, 0) is 48.9 Å². The summed E-state index contributed by atoms with van der Waals surface area (Å²) in [4.78, 5) is 25.8. The van der Waals surface area contributed by atoms with Crippen LogP contribution in [-0.4, -0.2) is 23.9 Å². The Morgan fingerprint density at radius 2 is 1.96 bits per heavy atom. The van der Waals surface area contributed by atoms with Crippen molar-refractivity contribution in [3.05, 3.63) is 69.2 Å². The standard InChI is InChI=1S/C17H15ClN2O3/c18-13-4-1-11(2-5-13)7-8-19-10-15(21)12-3-6-14-16(9-12)23-17(22)20-14/h1-6,9,19H,7-8,10H2,(H,20,22). The summed E-state index contributed by atoms with van der Waals surface area (Å²) < 4.78 is 4.96. The summed E-state index contributed by atoms with van der Waals surface area (Å²) in [7, 11) is 0. The smallest absolute Gasteiger partial charge is 0.408 e. The highest BCUT2D eigenvalue weighted by Crippen LogP contribution is 2.13. The molecule has 0 bridgehead atoms. The summed E-state index contributed by atoms with van der Waals surface area (Å²) in [6.07, 6.45) is 0.816. The lowest BCUT2D eigenvalue weighted by Crippen LogP contribution is -2.25. The molecule has 1 aromatic heterocycles. The SMILES string of the molecule is O=C(CNCCc1ccc(Cl)cc1)c1ccc2[nH]c(=O)oc2c1. The molecule has 3 aromatic rings. The summed E-state index contributed by atoms with van der Waals surface area (Å²) in [6, 6.07) is 12.6. The lowest BCUT2D eigenvalue weighted by molar-refractivity contribution is 0.0991. The molecule has 5 nitrogen and oxygen atoms in total. The Balaban J connectivity index is 1.53. The van der Waals surface area contributed by atoms with Gasteiger partial charge < -0.3 is 9.73 Å². The van der Waals surface area contributed by atoms with Crippen LogP contribution >= 0.6 is 11.6 Å². The predicted molar refractivity (Wildman–Crippen MR) is 89.2 cm³/mol. The molecule has 23 heavy (non-hydrogen) atoms. The molecule has 6 heteroatoms. The quantitative estimate of drug-likeness (QED) is 0.538. The van der Waals surface area contributed by atoms with Gasteiger partial charge in [0.2, 0.25) is 0 Å². The number of oxazole rings is 1. The number of ketones is 1. The molecule has 0 fully saturated rings. The van der Waals surface area contributed by atoms with Gasteiger partial charge in [0, 0.05) is 10.6 Å². The first-order chi connectivity index (χ1) is 11.1. The van der Waals surface area contributed by atoms with Crippen molar-refractivity contribution in [3.8, 4) is 0 Å². The first kappa shape index (κ1) is 15.5. The third-order valence-electron chi connectivity index (χ3n) is 3.53. The van der Waals surface area contributed by atoms with E-state index in [0.717, 1.165) is 12.0 Å². The summed E-state index contributed by atoms with van der Waals surface area (Å²) in [5.41, 5.74) is 2.65. The number of aromatic amines is 1. The molecule has 0 aliphatic rings. The predicted octanol–water partition coefficient (Wildman–Crippen LogP) is 2.79. The Hall–Kier alpha value is -2.37. The lowest BCUT2D eigenvalue weighted by atomic mass is 10.1. The van der Waals surface area contributed by atoms with Crippen molar-refractivity contribution in [3.63, 3.8) is 0 Å². The fraction of sp³-hybridized carbons (Fsp3) is 0.176. The molecule has 0 spiro atoms. The van der Waals surface area contributed by atoms with Gasteiger partial charge in [-0.25, -0.2) is 4.79 Å². The Bertz CT molecular complexity index is 881. The number of Topliss-reactive ketones (excluding diaryl/α,β-unsaturated/α-hetero) is 1. The molecule has 2 aromatic carbocycles. The van der Waals surface area contributed by atoms with E-state index in [4.69, 9.17) is 16.0 Å². The van der Waals surface area contributed by atoms with Crippen LogP contribution in [-0.2, 0) is 6.42 Å². The van der Waals surface area contributed by atoms with Crippen LogP contribution in [0.15, 0.2) is 51.7 Å². The second-order valence-corrected chi connectivity index (χ2v) is 5.64. The number of carbonyl (C=O) groups excluding carboxylic acids is 1. The number of fused-ring (bicyclic) bond motifs is 1. The Kier molecular flexibility index (Phi) is 4.60. The molecule has 0 unspecified atom stereocenters. The zero-order chi connectivity index (χ0) is 16.2. The minimum absolute atomic E-state index is 0.0492. The largest absolute Gasteiger partial charge is 0.417 e. The second-order valence-electron chi connectivity index (χ2n) is 5.20. The van der Waals surface area contributed by atoms with Crippen LogP contribution in [0.3, 0.4) is 0 Å². The summed E-state index contributed by atoms with van der Waals surface area (Å²) in [5.74, 6) is -0.572. The first-order valence-electron chi connectivity index (χ1n) is 7.23. The third-order valence-corrected chi connectivity index (χ3v) is 3.78. The van der Waals surface area contributed by atoms with Crippen LogP contribution in [0.2, 0.25) is 5.02 Å². The molecule has 0 atom stereocenters. The van der Waals surface area contributed by atoms with Crippen LogP contribution < -0.4 is 11.1 Å². The van der Waals surface area contributed by atoms with E-state index >= 15 is 0 Å². The topological polar surface area (TPSA) is 75.1 Å². The molecule has 1 heterocycles. The average molecular weight is 331 g/mol. The molecule has 0 radical (unpaired) electrons. The van der Waals surface area contributed by atoms with Gasteiger partial charge >= 0.3 is 5.76 Å². The number of halogens is 1. The number of hydrogen-bond acceptors (Lipinski definition) is 4. The lowest BCUT2D eigenvalue weighted by Gasteiger charge is -2.05. The first-order valence-corrected chi connectivity index (χ1v) is 7.61. The number of carbonyl (C=O) groups is 1. The van der Waals surface area contributed by atoms with Crippen molar-refractivity contribution in [1.29, 1.82) is 0 Å². The van der Waals surface area contributed by atoms with Gasteiger partial charge in [0.25, 0.3) is 0 Å². The minimum Gasteiger partial charge on any atom is -0.408 e. The van der Waals surface area contributed by atoms with E-state index in [1.165, 1.54) is 0 Å². The van der Waals surface area contributed by atoms with Crippen LogP contribution in [0.25, 0.3) is 11.1 Å². The van der Waals surface area contributed by atoms with Gasteiger partial charge in [0.1, 0.15) is 0 Å². The van der Waals surface area contributed by atoms with Crippen LogP contribution in [0.4, 0.5) is 0 Å². The Labute approximate surface area is 137 Å². The number of aromatic nitrogens is 1. The van der Waals surface area contributed by atoms with Crippen LogP contribution in [0, 0.1) is 0 Å². The van der Waals surface area contributed by atoms with Gasteiger partial charge in [0.05, 0.1) is 12.1 Å². The third kappa shape index (κ3) is 3.88. The van der Waals surface area contributed by atoms with E-state index in [9.17, 15) is 9.59 Å². The van der Waals surface area contributed by atoms with Crippen molar-refractivity contribution in [2.75, 3.05) is 13.1 Å². The van der Waals surface area contributed by atoms with Crippen molar-refractivity contribution in [2.45, 2.75) is 6.42 Å². The van der Waals surface area contributed by atoms with E-state index in [1.54, 1.807) is 18.2 Å². The zero-order valence-corrected chi connectivity index (χ0v) is 13.0. The molecular formula is C17H15ClN2O3. The molecule has 0 saturated carbocycles. The highest BCUT2D eigenvalue weighted by molar-refractivity contribution is 6.30. The van der Waals surface area contributed by atoms with Gasteiger partial charge in [-0.15, -0.1) is 0 Å². The number of rotatable bonds is 6. The van der Waals surface area contributed by atoms with Crippen LogP contribution in [0.5, 0.6) is 0 Å². The fourth-order valence-corrected chi connectivity index (χ4v) is 2.43. The molecule has 0 aliphatic heterocycles. The fourth-order valence-electron chi connectivity index (χ4n) is 2.31. The van der Waals surface area contributed by atoms with Crippen molar-refractivity contribution < 1.29 is 9.21 Å². The molecule has 2 N–H and O–H groups in total. The molecule has 0 saturated heterocycles. The number of nitrogens with one attached hydrogen (secondary N) is 2. The van der Waals surface area contributed by atoms with Gasteiger partial charge in [-0.2, -0.15) is 0 Å². The highest BCUT2D eigenvalue weighted by atomic mass is 35.5. The Morgan fingerprint density at radius 1 is 1.17 bits per heavy atom.